The summed E-state index contributed by atoms with van der Waals surface area (Å²) < 4.78 is 4.98. The molecular formula is C11H11N3O3. The molecule has 1 aromatic rings. The number of rotatable bonds is 5. The summed E-state index contributed by atoms with van der Waals surface area (Å²) in [6, 6.07) is 4.92. The van der Waals surface area contributed by atoms with E-state index in [2.05, 4.69) is 10.0 Å². The Hall–Kier alpha value is -2.46. The molecule has 0 aromatic heterocycles. The van der Waals surface area contributed by atoms with E-state index in [1.54, 1.807) is 30.4 Å². The van der Waals surface area contributed by atoms with Crippen LogP contribution in [0.2, 0.25) is 0 Å². The summed E-state index contributed by atoms with van der Waals surface area (Å²) in [5.74, 6) is -0.769. The van der Waals surface area contributed by atoms with Crippen LogP contribution in [0.25, 0.3) is 16.5 Å². The van der Waals surface area contributed by atoms with E-state index in [9.17, 15) is 4.79 Å². The molecule has 0 amide bonds. The molecule has 0 heterocycles. The van der Waals surface area contributed by atoms with Crippen LogP contribution in [0.15, 0.2) is 29.4 Å². The maximum atomic E-state index is 11.1. The minimum atomic E-state index is -1.06. The summed E-state index contributed by atoms with van der Waals surface area (Å²) in [7, 11) is 1.41. The summed E-state index contributed by atoms with van der Waals surface area (Å²) in [6.45, 7) is 0.173. The van der Waals surface area contributed by atoms with Gasteiger partial charge in [-0.25, -0.2) is 4.79 Å². The van der Waals surface area contributed by atoms with Crippen molar-refractivity contribution in [1.82, 2.24) is 0 Å². The highest BCUT2D eigenvalue weighted by Crippen LogP contribution is 2.23. The normalized spacial score (nSPS) is 9.94. The summed E-state index contributed by atoms with van der Waals surface area (Å²) in [4.78, 5) is 13.7. The van der Waals surface area contributed by atoms with Gasteiger partial charge in [0.1, 0.15) is 11.3 Å². The second kappa shape index (κ2) is 6.19. The van der Waals surface area contributed by atoms with Gasteiger partial charge in [-0.1, -0.05) is 29.4 Å². The maximum Gasteiger partial charge on any atom is 0.340 e. The van der Waals surface area contributed by atoms with Gasteiger partial charge in [0.25, 0.3) is 0 Å². The molecule has 0 aliphatic rings. The molecule has 1 rings (SSSR count). The summed E-state index contributed by atoms with van der Waals surface area (Å²) in [6.07, 6.45) is 3.17. The number of aromatic carboxylic acids is 1. The lowest BCUT2D eigenvalue weighted by Crippen LogP contribution is -2.03. The van der Waals surface area contributed by atoms with Gasteiger partial charge in [-0.3, -0.25) is 0 Å². The Morgan fingerprint density at radius 3 is 3.00 bits per heavy atom. The monoisotopic (exact) mass is 233 g/mol. The molecule has 0 fully saturated rings. The van der Waals surface area contributed by atoms with Gasteiger partial charge in [-0.15, -0.1) is 0 Å². The molecule has 0 aliphatic heterocycles. The van der Waals surface area contributed by atoms with Crippen LogP contribution in [0, 0.1) is 0 Å². The summed E-state index contributed by atoms with van der Waals surface area (Å²) in [5, 5.41) is 12.4. The molecule has 6 nitrogen and oxygen atoms in total. The van der Waals surface area contributed by atoms with Crippen LogP contribution in [0.4, 0.5) is 0 Å². The third-order valence-electron chi connectivity index (χ3n) is 2.04. The van der Waals surface area contributed by atoms with Gasteiger partial charge >= 0.3 is 5.97 Å². The number of carboxylic acid groups (broad SMARTS) is 1. The Kier molecular flexibility index (Phi) is 4.59. The number of carbonyl (C=O) groups is 1. The Labute approximate surface area is 97.8 Å². The number of methoxy groups -OCH3 is 1. The van der Waals surface area contributed by atoms with Crippen molar-refractivity contribution in [2.75, 3.05) is 13.7 Å². The lowest BCUT2D eigenvalue weighted by molar-refractivity contribution is 0.0693. The molecule has 0 aliphatic carbocycles. The number of azide groups is 1. The molecule has 0 unspecified atom stereocenters. The summed E-state index contributed by atoms with van der Waals surface area (Å²) >= 11 is 0. The second-order valence-corrected chi connectivity index (χ2v) is 3.05. The smallest absolute Gasteiger partial charge is 0.340 e. The number of ether oxygens (including phenoxy) is 1. The van der Waals surface area contributed by atoms with Gasteiger partial charge in [0.2, 0.25) is 0 Å². The molecular weight excluding hydrogens is 222 g/mol. The first-order valence-corrected chi connectivity index (χ1v) is 4.78. The minimum absolute atomic E-state index is 0.0900. The Balaban J connectivity index is 3.10. The molecule has 1 aromatic carbocycles. The van der Waals surface area contributed by atoms with Gasteiger partial charge in [0, 0.05) is 11.5 Å². The van der Waals surface area contributed by atoms with E-state index in [1.165, 1.54) is 7.11 Å². The van der Waals surface area contributed by atoms with Crippen molar-refractivity contribution in [3.8, 4) is 5.75 Å². The van der Waals surface area contributed by atoms with E-state index in [0.717, 1.165) is 0 Å². The molecule has 1 N–H and O–H groups in total. The Morgan fingerprint density at radius 2 is 2.41 bits per heavy atom. The maximum absolute atomic E-state index is 11.1. The minimum Gasteiger partial charge on any atom is -0.496 e. The van der Waals surface area contributed by atoms with Crippen LogP contribution in [0.1, 0.15) is 15.9 Å². The van der Waals surface area contributed by atoms with E-state index >= 15 is 0 Å². The van der Waals surface area contributed by atoms with Crippen molar-refractivity contribution >= 4 is 12.0 Å². The average Bonchev–Trinajstić information content (AvgIpc) is 2.33. The molecule has 17 heavy (non-hydrogen) atoms. The highest BCUT2D eigenvalue weighted by Gasteiger charge is 2.13. The van der Waals surface area contributed by atoms with E-state index < -0.39 is 5.97 Å². The van der Waals surface area contributed by atoms with Crippen LogP contribution in [0.3, 0.4) is 0 Å². The standard InChI is InChI=1S/C11H11N3O3/c1-17-9-6-2-4-8(10(9)11(15)16)5-3-7-13-14-12/h2-6H,7H2,1H3,(H,15,16). The molecule has 6 heteroatoms. The van der Waals surface area contributed by atoms with Gasteiger partial charge in [0.15, 0.2) is 0 Å². The first kappa shape index (κ1) is 12.6. The van der Waals surface area contributed by atoms with Gasteiger partial charge in [0.05, 0.1) is 7.11 Å². The van der Waals surface area contributed by atoms with Crippen molar-refractivity contribution in [3.05, 3.63) is 45.8 Å². The van der Waals surface area contributed by atoms with Crippen LogP contribution >= 0.6 is 0 Å². The first-order valence-electron chi connectivity index (χ1n) is 4.78. The van der Waals surface area contributed by atoms with Crippen molar-refractivity contribution in [2.24, 2.45) is 5.11 Å². The van der Waals surface area contributed by atoms with E-state index in [4.69, 9.17) is 15.4 Å². The third kappa shape index (κ3) is 3.25. The van der Waals surface area contributed by atoms with Crippen LogP contribution < -0.4 is 4.74 Å². The first-order chi connectivity index (χ1) is 8.20. The predicted molar refractivity (Wildman–Crippen MR) is 63.0 cm³/mol. The Bertz CT molecular complexity index is 491. The zero-order valence-corrected chi connectivity index (χ0v) is 9.20. The predicted octanol–water partition coefficient (Wildman–Crippen LogP) is 2.72. The van der Waals surface area contributed by atoms with Crippen molar-refractivity contribution < 1.29 is 14.6 Å². The number of benzene rings is 1. The number of carboxylic acids is 1. The molecule has 88 valence electrons. The molecule has 0 saturated heterocycles. The number of nitrogens with zero attached hydrogens (tertiary/aromatic N) is 3. The van der Waals surface area contributed by atoms with Crippen molar-refractivity contribution in [3.63, 3.8) is 0 Å². The molecule has 0 spiro atoms. The van der Waals surface area contributed by atoms with Gasteiger partial charge < -0.3 is 9.84 Å². The number of hydrogen-bond acceptors (Lipinski definition) is 3. The second-order valence-electron chi connectivity index (χ2n) is 3.05. The van der Waals surface area contributed by atoms with E-state index in [-0.39, 0.29) is 12.1 Å². The lowest BCUT2D eigenvalue weighted by atomic mass is 10.1. The SMILES string of the molecule is COc1cccc(C=CCN=[N+]=[N-])c1C(=O)O. The fourth-order valence-electron chi connectivity index (χ4n) is 1.35. The van der Waals surface area contributed by atoms with Crippen molar-refractivity contribution in [2.45, 2.75) is 0 Å². The Morgan fingerprint density at radius 1 is 1.65 bits per heavy atom. The largest absolute Gasteiger partial charge is 0.496 e. The topological polar surface area (TPSA) is 95.3 Å². The van der Waals surface area contributed by atoms with Crippen LogP contribution in [-0.4, -0.2) is 24.7 Å². The summed E-state index contributed by atoms with van der Waals surface area (Å²) in [5.41, 5.74) is 8.69. The third-order valence-corrected chi connectivity index (χ3v) is 2.04. The van der Waals surface area contributed by atoms with Crippen LogP contribution in [0.5, 0.6) is 5.75 Å². The molecule has 0 saturated carbocycles. The fraction of sp³-hybridized carbons (Fsp3) is 0.182. The lowest BCUT2D eigenvalue weighted by Gasteiger charge is -2.07. The zero-order chi connectivity index (χ0) is 12.7. The van der Waals surface area contributed by atoms with E-state index in [0.29, 0.717) is 11.3 Å². The van der Waals surface area contributed by atoms with Gasteiger partial charge in [-0.2, -0.15) is 0 Å². The zero-order valence-electron chi connectivity index (χ0n) is 9.20. The van der Waals surface area contributed by atoms with Crippen molar-refractivity contribution in [1.29, 1.82) is 0 Å². The fourth-order valence-corrected chi connectivity index (χ4v) is 1.35. The van der Waals surface area contributed by atoms with Crippen LogP contribution in [-0.2, 0) is 0 Å². The average molecular weight is 233 g/mol. The van der Waals surface area contributed by atoms with Gasteiger partial charge in [-0.05, 0) is 17.2 Å². The molecule has 0 radical (unpaired) electrons. The quantitative estimate of drug-likeness (QED) is 0.481. The van der Waals surface area contributed by atoms with E-state index in [1.807, 2.05) is 0 Å². The molecule has 0 bridgehead atoms. The highest BCUT2D eigenvalue weighted by atomic mass is 16.5. The highest BCUT2D eigenvalue weighted by molar-refractivity contribution is 5.95. The number of hydrogen-bond donors (Lipinski definition) is 1. The molecule has 0 atom stereocenters.